The molecule has 3 aromatic heterocycles. The molecular weight excluding hydrogens is 338 g/mol. The first-order valence-corrected chi connectivity index (χ1v) is 7.94. The monoisotopic (exact) mass is 357 g/mol. The van der Waals surface area contributed by atoms with Crippen molar-refractivity contribution >= 4 is 11.7 Å². The molecule has 0 atom stereocenters. The predicted molar refractivity (Wildman–Crippen MR) is 92.9 cm³/mol. The second-order valence-corrected chi connectivity index (χ2v) is 5.29. The first-order chi connectivity index (χ1) is 12.6. The van der Waals surface area contributed by atoms with E-state index in [4.69, 9.17) is 9.47 Å². The fraction of sp³-hybridized carbons (Fsp3) is 0.312. The lowest BCUT2D eigenvalue weighted by Crippen LogP contribution is -2.21. The average Bonchev–Trinajstić information content (AvgIpc) is 3.30. The summed E-state index contributed by atoms with van der Waals surface area (Å²) in [5, 5.41) is 11.1. The van der Waals surface area contributed by atoms with Crippen LogP contribution < -0.4 is 14.8 Å². The average molecular weight is 357 g/mol. The van der Waals surface area contributed by atoms with Crippen molar-refractivity contribution in [2.24, 2.45) is 0 Å². The number of carbonyl (C=O) groups is 1. The van der Waals surface area contributed by atoms with Crippen LogP contribution in [0.5, 0.6) is 11.9 Å². The molecule has 0 aliphatic heterocycles. The summed E-state index contributed by atoms with van der Waals surface area (Å²) >= 11 is 0. The Morgan fingerprint density at radius 1 is 1.23 bits per heavy atom. The van der Waals surface area contributed by atoms with Gasteiger partial charge in [0.15, 0.2) is 0 Å². The first-order valence-electron chi connectivity index (χ1n) is 7.94. The summed E-state index contributed by atoms with van der Waals surface area (Å²) in [6.45, 7) is 2.69. The van der Waals surface area contributed by atoms with Gasteiger partial charge in [0.25, 0.3) is 0 Å². The number of hydrogen-bond donors (Lipinski definition) is 1. The van der Waals surface area contributed by atoms with E-state index in [0.29, 0.717) is 23.9 Å². The molecule has 136 valence electrons. The van der Waals surface area contributed by atoms with Gasteiger partial charge in [-0.15, -0.1) is 0 Å². The van der Waals surface area contributed by atoms with Crippen LogP contribution in [0.25, 0.3) is 11.3 Å². The Hall–Kier alpha value is -3.43. The Bertz CT molecular complexity index is 881. The molecular formula is C16H19N7O3. The van der Waals surface area contributed by atoms with Crippen molar-refractivity contribution in [3.63, 3.8) is 0 Å². The SMILES string of the molecule is CCn1nccc1NC(=O)Cn1cc(-c2cc(OC)nc(OC)n2)cn1. The number of nitrogens with zero attached hydrogens (tertiary/aromatic N) is 6. The van der Waals surface area contributed by atoms with Crippen LogP contribution in [0.3, 0.4) is 0 Å². The molecule has 0 aromatic carbocycles. The number of methoxy groups -OCH3 is 2. The van der Waals surface area contributed by atoms with E-state index in [1.54, 1.807) is 35.4 Å². The van der Waals surface area contributed by atoms with Gasteiger partial charge in [-0.1, -0.05) is 0 Å². The highest BCUT2D eigenvalue weighted by molar-refractivity contribution is 5.89. The minimum absolute atomic E-state index is 0.0637. The fourth-order valence-corrected chi connectivity index (χ4v) is 2.35. The molecule has 3 heterocycles. The van der Waals surface area contributed by atoms with Gasteiger partial charge in [-0.05, 0) is 6.92 Å². The largest absolute Gasteiger partial charge is 0.481 e. The number of aromatic nitrogens is 6. The van der Waals surface area contributed by atoms with Crippen molar-refractivity contribution in [3.8, 4) is 23.1 Å². The number of rotatable bonds is 7. The lowest BCUT2D eigenvalue weighted by Gasteiger charge is -2.07. The zero-order valence-corrected chi connectivity index (χ0v) is 14.7. The van der Waals surface area contributed by atoms with Crippen molar-refractivity contribution in [2.45, 2.75) is 20.0 Å². The number of nitrogens with one attached hydrogen (secondary N) is 1. The molecule has 3 aromatic rings. The van der Waals surface area contributed by atoms with Crippen molar-refractivity contribution in [1.29, 1.82) is 0 Å². The summed E-state index contributed by atoms with van der Waals surface area (Å²) in [6, 6.07) is 3.61. The number of carbonyl (C=O) groups excluding carboxylic acids is 1. The molecule has 0 spiro atoms. The quantitative estimate of drug-likeness (QED) is 0.677. The summed E-state index contributed by atoms with van der Waals surface area (Å²) in [6.07, 6.45) is 4.98. The van der Waals surface area contributed by atoms with E-state index >= 15 is 0 Å². The number of hydrogen-bond acceptors (Lipinski definition) is 7. The highest BCUT2D eigenvalue weighted by Crippen LogP contribution is 2.22. The van der Waals surface area contributed by atoms with E-state index in [2.05, 4.69) is 25.5 Å². The lowest BCUT2D eigenvalue weighted by atomic mass is 10.2. The second-order valence-electron chi connectivity index (χ2n) is 5.29. The van der Waals surface area contributed by atoms with E-state index in [-0.39, 0.29) is 18.5 Å². The Labute approximate surface area is 149 Å². The van der Waals surface area contributed by atoms with Crippen molar-refractivity contribution in [1.82, 2.24) is 29.5 Å². The standard InChI is InChI=1S/C16H19N7O3/c1-4-23-13(5-6-17-23)20-14(24)10-22-9-11(8-18-22)12-7-15(25-2)21-16(19-12)26-3/h5-9H,4,10H2,1-3H3,(H,20,24). The molecule has 0 bridgehead atoms. The van der Waals surface area contributed by atoms with E-state index in [0.717, 1.165) is 5.56 Å². The maximum Gasteiger partial charge on any atom is 0.320 e. The molecule has 0 aliphatic rings. The van der Waals surface area contributed by atoms with Gasteiger partial charge in [-0.3, -0.25) is 9.48 Å². The molecule has 1 N–H and O–H groups in total. The van der Waals surface area contributed by atoms with Gasteiger partial charge >= 0.3 is 6.01 Å². The fourth-order valence-electron chi connectivity index (χ4n) is 2.35. The number of aryl methyl sites for hydroxylation is 1. The third-order valence-electron chi connectivity index (χ3n) is 3.59. The van der Waals surface area contributed by atoms with Crippen LogP contribution in [-0.4, -0.2) is 49.7 Å². The summed E-state index contributed by atoms with van der Waals surface area (Å²) < 4.78 is 13.4. The van der Waals surface area contributed by atoms with E-state index in [1.807, 2.05) is 6.92 Å². The topological polar surface area (TPSA) is 109 Å². The Kier molecular flexibility index (Phi) is 5.11. The summed E-state index contributed by atoms with van der Waals surface area (Å²) in [5.41, 5.74) is 1.31. The van der Waals surface area contributed by atoms with Crippen molar-refractivity contribution in [3.05, 3.63) is 30.7 Å². The first kappa shape index (κ1) is 17.4. The maximum absolute atomic E-state index is 12.2. The number of anilines is 1. The zero-order valence-electron chi connectivity index (χ0n) is 14.7. The third kappa shape index (κ3) is 3.79. The van der Waals surface area contributed by atoms with Gasteiger partial charge in [0.05, 0.1) is 32.3 Å². The highest BCUT2D eigenvalue weighted by atomic mass is 16.5. The van der Waals surface area contributed by atoms with Crippen LogP contribution in [0.4, 0.5) is 5.82 Å². The molecule has 26 heavy (non-hydrogen) atoms. The summed E-state index contributed by atoms with van der Waals surface area (Å²) in [4.78, 5) is 20.5. The molecule has 0 saturated carbocycles. The Morgan fingerprint density at radius 3 is 2.81 bits per heavy atom. The number of ether oxygens (including phenoxy) is 2. The molecule has 0 unspecified atom stereocenters. The molecule has 0 saturated heterocycles. The minimum atomic E-state index is -0.201. The van der Waals surface area contributed by atoms with Crippen LogP contribution in [-0.2, 0) is 17.9 Å². The highest BCUT2D eigenvalue weighted by Gasteiger charge is 2.12. The Morgan fingerprint density at radius 2 is 2.08 bits per heavy atom. The van der Waals surface area contributed by atoms with Crippen molar-refractivity contribution in [2.75, 3.05) is 19.5 Å². The third-order valence-corrected chi connectivity index (χ3v) is 3.59. The van der Waals surface area contributed by atoms with Gasteiger partial charge in [-0.2, -0.15) is 20.2 Å². The lowest BCUT2D eigenvalue weighted by molar-refractivity contribution is -0.116. The van der Waals surface area contributed by atoms with Crippen LogP contribution in [0.15, 0.2) is 30.7 Å². The van der Waals surface area contributed by atoms with Crippen molar-refractivity contribution < 1.29 is 14.3 Å². The molecule has 10 heteroatoms. The maximum atomic E-state index is 12.2. The molecule has 0 radical (unpaired) electrons. The van der Waals surface area contributed by atoms with E-state index < -0.39 is 0 Å². The van der Waals surface area contributed by atoms with Crippen LogP contribution in [0, 0.1) is 0 Å². The van der Waals surface area contributed by atoms with E-state index in [9.17, 15) is 4.79 Å². The van der Waals surface area contributed by atoms with Gasteiger partial charge in [0.2, 0.25) is 11.8 Å². The van der Waals surface area contributed by atoms with Gasteiger partial charge in [0.1, 0.15) is 12.4 Å². The Balaban J connectivity index is 1.73. The summed E-state index contributed by atoms with van der Waals surface area (Å²) in [7, 11) is 2.99. The van der Waals surface area contributed by atoms with Crippen LogP contribution >= 0.6 is 0 Å². The molecule has 0 aliphatic carbocycles. The normalized spacial score (nSPS) is 10.6. The van der Waals surface area contributed by atoms with E-state index in [1.165, 1.54) is 18.9 Å². The molecule has 1 amide bonds. The van der Waals surface area contributed by atoms with Crippen LogP contribution in [0.1, 0.15) is 6.92 Å². The molecule has 10 nitrogen and oxygen atoms in total. The second kappa shape index (κ2) is 7.64. The smallest absolute Gasteiger partial charge is 0.320 e. The van der Waals surface area contributed by atoms with Crippen LogP contribution in [0.2, 0.25) is 0 Å². The minimum Gasteiger partial charge on any atom is -0.481 e. The predicted octanol–water partition coefficient (Wildman–Crippen LogP) is 1.21. The zero-order chi connectivity index (χ0) is 18.5. The van der Waals surface area contributed by atoms with Gasteiger partial charge in [-0.25, -0.2) is 4.68 Å². The van der Waals surface area contributed by atoms with Gasteiger partial charge in [0, 0.05) is 30.4 Å². The molecule has 3 rings (SSSR count). The molecule has 0 fully saturated rings. The van der Waals surface area contributed by atoms with Gasteiger partial charge < -0.3 is 14.8 Å². The summed E-state index contributed by atoms with van der Waals surface area (Å²) in [5.74, 6) is 0.827. The number of amides is 1.